The van der Waals surface area contributed by atoms with Crippen molar-refractivity contribution in [2.45, 2.75) is 25.9 Å². The molecule has 3 rings (SSSR count). The molecule has 0 atom stereocenters. The number of nitrogens with zero attached hydrogens (tertiary/aromatic N) is 4. The Morgan fingerprint density at radius 3 is 2.61 bits per heavy atom. The van der Waals surface area contributed by atoms with Gasteiger partial charge in [-0.2, -0.15) is 18.2 Å². The molecule has 11 heteroatoms. The Kier molecular flexibility index (Phi) is 6.23. The Bertz CT molecular complexity index is 832. The van der Waals surface area contributed by atoms with Gasteiger partial charge >= 0.3 is 6.18 Å². The first-order valence-corrected chi connectivity index (χ1v) is 9.96. The minimum Gasteiger partial charge on any atom is -0.353 e. The van der Waals surface area contributed by atoms with Gasteiger partial charge in [-0.15, -0.1) is 11.3 Å². The molecular weight excluding hydrogens is 393 g/mol. The van der Waals surface area contributed by atoms with Gasteiger partial charge in [-0.05, 0) is 12.5 Å². The second-order valence-electron chi connectivity index (χ2n) is 6.53. The van der Waals surface area contributed by atoms with Gasteiger partial charge in [0.1, 0.15) is 17.1 Å². The summed E-state index contributed by atoms with van der Waals surface area (Å²) in [6.07, 6.45) is -5.02. The first-order valence-electron chi connectivity index (χ1n) is 9.14. The molecule has 28 heavy (non-hydrogen) atoms. The maximum Gasteiger partial charge on any atom is 0.397 e. The van der Waals surface area contributed by atoms with Gasteiger partial charge in [-0.1, -0.05) is 6.92 Å². The van der Waals surface area contributed by atoms with Crippen LogP contribution in [0.5, 0.6) is 0 Å². The van der Waals surface area contributed by atoms with Crippen LogP contribution in [-0.2, 0) is 11.2 Å². The molecule has 0 radical (unpaired) electrons. The van der Waals surface area contributed by atoms with Gasteiger partial charge in [0.2, 0.25) is 11.9 Å². The van der Waals surface area contributed by atoms with E-state index in [0.29, 0.717) is 32.1 Å². The topological polar surface area (TPSA) is 87.4 Å². The number of alkyl halides is 3. The van der Waals surface area contributed by atoms with Crippen molar-refractivity contribution in [1.82, 2.24) is 14.9 Å². The third kappa shape index (κ3) is 4.82. The van der Waals surface area contributed by atoms with Crippen LogP contribution >= 0.6 is 11.3 Å². The molecule has 154 valence electrons. The van der Waals surface area contributed by atoms with Crippen LogP contribution in [0.2, 0.25) is 0 Å². The molecule has 1 saturated heterocycles. The van der Waals surface area contributed by atoms with Crippen LogP contribution < -0.4 is 16.0 Å². The van der Waals surface area contributed by atoms with E-state index in [-0.39, 0.29) is 13.1 Å². The number of carbonyl (C=O) groups is 1. The van der Waals surface area contributed by atoms with Crippen molar-refractivity contribution >= 4 is 39.2 Å². The number of rotatable bonds is 6. The Balaban J connectivity index is 1.79. The molecule has 7 nitrogen and oxygen atoms in total. The molecule has 3 heterocycles. The van der Waals surface area contributed by atoms with E-state index in [9.17, 15) is 18.0 Å². The molecule has 0 aromatic carbocycles. The predicted octanol–water partition coefficient (Wildman–Crippen LogP) is 2.23. The molecule has 1 fully saturated rings. The molecule has 0 bridgehead atoms. The molecule has 1 amide bonds. The highest BCUT2D eigenvalue weighted by Gasteiger charge is 2.34. The van der Waals surface area contributed by atoms with Crippen molar-refractivity contribution in [3.8, 4) is 0 Å². The molecule has 0 spiro atoms. The summed E-state index contributed by atoms with van der Waals surface area (Å²) in [4.78, 5) is 26.3. The highest BCUT2D eigenvalue weighted by atomic mass is 32.1. The number of fused-ring (bicyclic) bond motifs is 1. The SMILES string of the molecule is CCc1cc2c(N3CCN(C(=O)CC(F)(F)F)CC3)nc(NCCN)nc2s1. The van der Waals surface area contributed by atoms with Crippen molar-refractivity contribution < 1.29 is 18.0 Å². The van der Waals surface area contributed by atoms with Crippen LogP contribution in [0.25, 0.3) is 10.2 Å². The average Bonchev–Trinajstić information content (AvgIpc) is 3.07. The lowest BCUT2D eigenvalue weighted by Gasteiger charge is -2.36. The number of piperazine rings is 1. The van der Waals surface area contributed by atoms with E-state index in [4.69, 9.17) is 5.73 Å². The van der Waals surface area contributed by atoms with Crippen LogP contribution in [0.4, 0.5) is 24.9 Å². The van der Waals surface area contributed by atoms with E-state index < -0.39 is 18.5 Å². The van der Waals surface area contributed by atoms with Crippen LogP contribution in [0, 0.1) is 0 Å². The molecule has 1 aliphatic heterocycles. The van der Waals surface area contributed by atoms with Crippen LogP contribution in [0.15, 0.2) is 6.07 Å². The van der Waals surface area contributed by atoms with Crippen molar-refractivity contribution in [3.05, 3.63) is 10.9 Å². The molecule has 3 N–H and O–H groups in total. The number of anilines is 2. The number of aryl methyl sites for hydroxylation is 1. The Morgan fingerprint density at radius 1 is 1.29 bits per heavy atom. The molecule has 2 aromatic rings. The molecule has 0 saturated carbocycles. The Hall–Kier alpha value is -2.14. The number of hydrogen-bond acceptors (Lipinski definition) is 7. The molecule has 1 aliphatic rings. The monoisotopic (exact) mass is 416 g/mol. The first-order chi connectivity index (χ1) is 13.3. The van der Waals surface area contributed by atoms with E-state index in [0.717, 1.165) is 22.5 Å². The zero-order valence-corrected chi connectivity index (χ0v) is 16.4. The van der Waals surface area contributed by atoms with Gasteiger partial charge in [-0.25, -0.2) is 4.98 Å². The van der Waals surface area contributed by atoms with Gasteiger partial charge in [0, 0.05) is 44.1 Å². The summed E-state index contributed by atoms with van der Waals surface area (Å²) in [7, 11) is 0. The maximum atomic E-state index is 12.5. The number of nitrogens with one attached hydrogen (secondary N) is 1. The summed E-state index contributed by atoms with van der Waals surface area (Å²) in [6, 6.07) is 2.06. The normalized spacial score (nSPS) is 15.3. The molecular formula is C17H23F3N6OS. The largest absolute Gasteiger partial charge is 0.397 e. The summed E-state index contributed by atoms with van der Waals surface area (Å²) in [5.41, 5.74) is 5.54. The predicted molar refractivity (Wildman–Crippen MR) is 104 cm³/mol. The van der Waals surface area contributed by atoms with Gasteiger partial charge in [0.05, 0.1) is 5.39 Å². The number of thiophene rings is 1. The van der Waals surface area contributed by atoms with Crippen molar-refractivity contribution in [1.29, 1.82) is 0 Å². The van der Waals surface area contributed by atoms with E-state index in [1.54, 1.807) is 11.3 Å². The number of halogens is 3. The standard InChI is InChI=1S/C17H23F3N6OS/c1-2-11-9-12-14(23-16(22-4-3-21)24-15(12)28-11)26-7-5-25(6-8-26)13(27)10-17(18,19)20/h9H,2-8,10,21H2,1H3,(H,22,23,24). The number of hydrogen-bond donors (Lipinski definition) is 2. The summed E-state index contributed by atoms with van der Waals surface area (Å²) in [6.45, 7) is 4.36. The van der Waals surface area contributed by atoms with Crippen LogP contribution in [-0.4, -0.2) is 66.2 Å². The highest BCUT2D eigenvalue weighted by molar-refractivity contribution is 7.18. The van der Waals surface area contributed by atoms with Crippen LogP contribution in [0.3, 0.4) is 0 Å². The number of carbonyl (C=O) groups excluding carboxylic acids is 1. The Morgan fingerprint density at radius 2 is 2.00 bits per heavy atom. The fourth-order valence-electron chi connectivity index (χ4n) is 3.09. The zero-order valence-electron chi connectivity index (χ0n) is 15.6. The Labute approximate surface area is 164 Å². The minimum atomic E-state index is -4.48. The summed E-state index contributed by atoms with van der Waals surface area (Å²) in [5.74, 6) is 0.338. The lowest BCUT2D eigenvalue weighted by Crippen LogP contribution is -2.49. The number of nitrogens with two attached hydrogens (primary N) is 1. The first kappa shape index (κ1) is 20.6. The smallest absolute Gasteiger partial charge is 0.353 e. The second-order valence-corrected chi connectivity index (χ2v) is 7.65. The lowest BCUT2D eigenvalue weighted by atomic mass is 10.2. The number of aromatic nitrogens is 2. The van der Waals surface area contributed by atoms with Crippen molar-refractivity contribution in [3.63, 3.8) is 0 Å². The maximum absolute atomic E-state index is 12.5. The average molecular weight is 416 g/mol. The van der Waals surface area contributed by atoms with E-state index in [2.05, 4.69) is 28.3 Å². The summed E-state index contributed by atoms with van der Waals surface area (Å²) >= 11 is 1.60. The van der Waals surface area contributed by atoms with Gasteiger partial charge in [0.25, 0.3) is 0 Å². The minimum absolute atomic E-state index is 0.233. The highest BCUT2D eigenvalue weighted by Crippen LogP contribution is 2.33. The second kappa shape index (κ2) is 8.48. The molecule has 2 aromatic heterocycles. The van der Waals surface area contributed by atoms with E-state index >= 15 is 0 Å². The summed E-state index contributed by atoms with van der Waals surface area (Å²) < 4.78 is 37.4. The molecule has 0 aliphatic carbocycles. The van der Waals surface area contributed by atoms with Crippen molar-refractivity contribution in [2.24, 2.45) is 5.73 Å². The number of amides is 1. The zero-order chi connectivity index (χ0) is 20.3. The van der Waals surface area contributed by atoms with Gasteiger partial charge < -0.3 is 20.9 Å². The lowest BCUT2D eigenvalue weighted by molar-refractivity contribution is -0.161. The van der Waals surface area contributed by atoms with E-state index in [1.807, 2.05) is 4.90 Å². The third-order valence-electron chi connectivity index (χ3n) is 4.48. The van der Waals surface area contributed by atoms with Gasteiger partial charge in [0.15, 0.2) is 0 Å². The van der Waals surface area contributed by atoms with Crippen LogP contribution in [0.1, 0.15) is 18.2 Å². The molecule has 0 unspecified atom stereocenters. The van der Waals surface area contributed by atoms with E-state index in [1.165, 1.54) is 9.78 Å². The summed E-state index contributed by atoms with van der Waals surface area (Å²) in [5, 5.41) is 4.02. The third-order valence-corrected chi connectivity index (χ3v) is 5.66. The quantitative estimate of drug-likeness (QED) is 0.751. The van der Waals surface area contributed by atoms with Gasteiger partial charge in [-0.3, -0.25) is 4.79 Å². The fourth-order valence-corrected chi connectivity index (χ4v) is 4.05. The fraction of sp³-hybridized carbons (Fsp3) is 0.588. The van der Waals surface area contributed by atoms with Crippen molar-refractivity contribution in [2.75, 3.05) is 49.5 Å².